The van der Waals surface area contributed by atoms with Gasteiger partial charge in [0.05, 0.1) is 0 Å². The van der Waals surface area contributed by atoms with E-state index in [1.807, 2.05) is 19.1 Å². The van der Waals surface area contributed by atoms with Crippen LogP contribution in [0.5, 0.6) is 0 Å². The van der Waals surface area contributed by atoms with Crippen molar-refractivity contribution in [3.63, 3.8) is 0 Å². The molecule has 2 rings (SSSR count). The van der Waals surface area contributed by atoms with Crippen LogP contribution in [0.1, 0.15) is 26.2 Å². The predicted octanol–water partition coefficient (Wildman–Crippen LogP) is 2.01. The van der Waals surface area contributed by atoms with Crippen LogP contribution >= 0.6 is 21.6 Å². The number of carboxylic acid groups (broad SMARTS) is 1. The molecule has 0 saturated carbocycles. The summed E-state index contributed by atoms with van der Waals surface area (Å²) in [5.74, 6) is -1.30. The molecule has 1 saturated heterocycles. The highest BCUT2D eigenvalue weighted by Crippen LogP contribution is 2.37. The van der Waals surface area contributed by atoms with Crippen LogP contribution in [0.3, 0.4) is 0 Å². The van der Waals surface area contributed by atoms with Crippen molar-refractivity contribution in [2.24, 2.45) is 0 Å². The van der Waals surface area contributed by atoms with E-state index in [0.717, 1.165) is 5.01 Å². The maximum Gasteiger partial charge on any atom is 0.317 e. The summed E-state index contributed by atoms with van der Waals surface area (Å²) in [6.45, 7) is 1.81. The molecule has 0 aromatic heterocycles. The minimum Gasteiger partial charge on any atom is -0.480 e. The molecule has 0 aromatic carbocycles. The molecule has 2 aliphatic heterocycles. The highest BCUT2D eigenvalue weighted by atomic mass is 33.1. The minimum absolute atomic E-state index is 0.221. The molecule has 0 radical (unpaired) electrons. The summed E-state index contributed by atoms with van der Waals surface area (Å²) in [4.78, 5) is 34.7. The molecule has 2 unspecified atom stereocenters. The summed E-state index contributed by atoms with van der Waals surface area (Å²) in [7, 11) is 2.58. The zero-order valence-corrected chi connectivity index (χ0v) is 13.1. The molecule has 2 aliphatic rings. The quantitative estimate of drug-likeness (QED) is 0.590. The van der Waals surface area contributed by atoms with Crippen LogP contribution in [-0.4, -0.2) is 43.5 Å². The normalized spacial score (nSPS) is 23.0. The standard InChI is InChI=1S/C13H16N2O4S2/c1-2-9(13(18)19)20-21-12-5-3-4-8-14(12)15-10(16)6-7-11(15)17/h3-5,8-9,12H,2,6-7H2,1H3,(H,18,19). The molecule has 0 aromatic rings. The van der Waals surface area contributed by atoms with Gasteiger partial charge in [-0.3, -0.25) is 19.4 Å². The highest BCUT2D eigenvalue weighted by molar-refractivity contribution is 8.77. The van der Waals surface area contributed by atoms with Gasteiger partial charge in [-0.15, -0.1) is 0 Å². The lowest BCUT2D eigenvalue weighted by atomic mass is 10.3. The molecule has 1 fully saturated rings. The van der Waals surface area contributed by atoms with Crippen molar-refractivity contribution in [2.75, 3.05) is 0 Å². The number of rotatable bonds is 6. The Morgan fingerprint density at radius 1 is 1.38 bits per heavy atom. The lowest BCUT2D eigenvalue weighted by molar-refractivity contribution is -0.153. The van der Waals surface area contributed by atoms with Gasteiger partial charge in [-0.05, 0) is 18.6 Å². The van der Waals surface area contributed by atoms with Crippen LogP contribution < -0.4 is 0 Å². The van der Waals surface area contributed by atoms with Crippen LogP contribution in [0.25, 0.3) is 0 Å². The topological polar surface area (TPSA) is 77.9 Å². The first-order chi connectivity index (χ1) is 10.0. The fourth-order valence-corrected chi connectivity index (χ4v) is 4.69. The van der Waals surface area contributed by atoms with Crippen molar-refractivity contribution >= 4 is 39.4 Å². The van der Waals surface area contributed by atoms with Crippen molar-refractivity contribution in [3.05, 3.63) is 24.4 Å². The average Bonchev–Trinajstić information content (AvgIpc) is 2.79. The summed E-state index contributed by atoms with van der Waals surface area (Å²) >= 11 is 0. The molecular weight excluding hydrogens is 312 g/mol. The second-order valence-electron chi connectivity index (χ2n) is 4.52. The summed E-state index contributed by atoms with van der Waals surface area (Å²) in [6.07, 6.45) is 8.04. The van der Waals surface area contributed by atoms with Crippen LogP contribution in [0.4, 0.5) is 0 Å². The second kappa shape index (κ2) is 7.04. The zero-order valence-electron chi connectivity index (χ0n) is 11.5. The van der Waals surface area contributed by atoms with Gasteiger partial charge in [0.1, 0.15) is 10.6 Å². The Balaban J connectivity index is 2.05. The first-order valence-corrected chi connectivity index (χ1v) is 8.86. The van der Waals surface area contributed by atoms with E-state index < -0.39 is 11.2 Å². The van der Waals surface area contributed by atoms with E-state index in [4.69, 9.17) is 5.11 Å². The first-order valence-electron chi connectivity index (χ1n) is 6.58. The molecule has 2 atom stereocenters. The number of hydrogen-bond acceptors (Lipinski definition) is 6. The van der Waals surface area contributed by atoms with Gasteiger partial charge in [0.2, 0.25) is 11.8 Å². The van der Waals surface area contributed by atoms with E-state index in [9.17, 15) is 14.4 Å². The summed E-state index contributed by atoms with van der Waals surface area (Å²) in [5, 5.41) is 11.0. The fourth-order valence-electron chi connectivity index (χ4n) is 1.96. The van der Waals surface area contributed by atoms with Gasteiger partial charge in [0.15, 0.2) is 0 Å². The van der Waals surface area contributed by atoms with Crippen LogP contribution in [-0.2, 0) is 14.4 Å². The molecule has 0 spiro atoms. The van der Waals surface area contributed by atoms with Gasteiger partial charge in [-0.1, -0.05) is 34.6 Å². The lowest BCUT2D eigenvalue weighted by Gasteiger charge is -2.35. The van der Waals surface area contributed by atoms with Crippen molar-refractivity contribution in [3.8, 4) is 0 Å². The summed E-state index contributed by atoms with van der Waals surface area (Å²) < 4.78 is 0. The molecule has 2 amide bonds. The SMILES string of the molecule is CCC(SSC1C=CC=CN1N1C(=O)CCC1=O)C(=O)O. The van der Waals surface area contributed by atoms with E-state index in [1.54, 1.807) is 17.3 Å². The fraction of sp³-hybridized carbons (Fsp3) is 0.462. The third kappa shape index (κ3) is 3.62. The summed E-state index contributed by atoms with van der Waals surface area (Å²) in [6, 6.07) is 0. The van der Waals surface area contributed by atoms with Crippen molar-refractivity contribution in [1.29, 1.82) is 0 Å². The molecule has 114 valence electrons. The number of hydrazine groups is 1. The van der Waals surface area contributed by atoms with Gasteiger partial charge < -0.3 is 5.11 Å². The number of carbonyl (C=O) groups is 3. The maximum absolute atomic E-state index is 11.8. The smallest absolute Gasteiger partial charge is 0.317 e. The number of allylic oxidation sites excluding steroid dienone is 2. The molecule has 8 heteroatoms. The molecule has 1 N–H and O–H groups in total. The van der Waals surface area contributed by atoms with Crippen LogP contribution in [0.2, 0.25) is 0 Å². The highest BCUT2D eigenvalue weighted by Gasteiger charge is 2.36. The van der Waals surface area contributed by atoms with Crippen molar-refractivity contribution in [1.82, 2.24) is 10.0 Å². The molecule has 21 heavy (non-hydrogen) atoms. The Morgan fingerprint density at radius 2 is 2.05 bits per heavy atom. The molecule has 6 nitrogen and oxygen atoms in total. The number of aliphatic carboxylic acids is 1. The van der Waals surface area contributed by atoms with E-state index in [1.165, 1.54) is 21.6 Å². The maximum atomic E-state index is 11.8. The Labute approximate surface area is 130 Å². The Kier molecular flexibility index (Phi) is 5.35. The zero-order chi connectivity index (χ0) is 15.4. The lowest BCUT2D eigenvalue weighted by Crippen LogP contribution is -2.47. The third-order valence-electron chi connectivity index (χ3n) is 3.06. The Hall–Kier alpha value is -1.41. The third-order valence-corrected chi connectivity index (χ3v) is 6.13. The van der Waals surface area contributed by atoms with Gasteiger partial charge in [0.25, 0.3) is 0 Å². The minimum atomic E-state index is -0.856. The first kappa shape index (κ1) is 16.0. The van der Waals surface area contributed by atoms with E-state index in [-0.39, 0.29) is 30.0 Å². The van der Waals surface area contributed by atoms with Gasteiger partial charge in [-0.25, -0.2) is 0 Å². The molecule has 0 aliphatic carbocycles. The number of carboxylic acids is 1. The van der Waals surface area contributed by atoms with Gasteiger partial charge in [0, 0.05) is 19.0 Å². The Morgan fingerprint density at radius 3 is 2.62 bits per heavy atom. The number of amides is 2. The van der Waals surface area contributed by atoms with Crippen LogP contribution in [0, 0.1) is 0 Å². The molecular formula is C13H16N2O4S2. The number of hydrogen-bond donors (Lipinski definition) is 1. The molecule has 2 heterocycles. The van der Waals surface area contributed by atoms with E-state index in [0.29, 0.717) is 6.42 Å². The second-order valence-corrected chi connectivity index (χ2v) is 7.12. The van der Waals surface area contributed by atoms with Crippen molar-refractivity contribution in [2.45, 2.75) is 36.8 Å². The number of carbonyl (C=O) groups excluding carboxylic acids is 2. The van der Waals surface area contributed by atoms with Crippen LogP contribution in [0.15, 0.2) is 24.4 Å². The average molecular weight is 328 g/mol. The number of imide groups is 1. The Bertz CT molecular complexity index is 490. The molecule has 0 bridgehead atoms. The van der Waals surface area contributed by atoms with E-state index >= 15 is 0 Å². The number of nitrogens with zero attached hydrogens (tertiary/aromatic N) is 2. The van der Waals surface area contributed by atoms with E-state index in [2.05, 4.69) is 0 Å². The van der Waals surface area contributed by atoms with Crippen molar-refractivity contribution < 1.29 is 19.5 Å². The summed E-state index contributed by atoms with van der Waals surface area (Å²) in [5.41, 5.74) is 0. The van der Waals surface area contributed by atoms with Gasteiger partial charge >= 0.3 is 5.97 Å². The largest absolute Gasteiger partial charge is 0.480 e. The van der Waals surface area contributed by atoms with Gasteiger partial charge in [-0.2, -0.15) is 5.01 Å². The predicted molar refractivity (Wildman–Crippen MR) is 81.9 cm³/mol. The monoisotopic (exact) mass is 328 g/mol.